The molecular weight excluding hydrogens is 301 g/mol. The lowest BCUT2D eigenvalue weighted by atomic mass is 9.95. The minimum atomic E-state index is -0.288. The molecule has 112 valence electrons. The van der Waals surface area contributed by atoms with Crippen LogP contribution in [0, 0.1) is 5.82 Å². The van der Waals surface area contributed by atoms with Gasteiger partial charge in [0.1, 0.15) is 5.82 Å². The summed E-state index contributed by atoms with van der Waals surface area (Å²) in [6.45, 7) is 0. The molecule has 6 heteroatoms. The number of aromatic nitrogens is 2. The maximum absolute atomic E-state index is 13.0. The molecule has 1 aliphatic carbocycles. The predicted molar refractivity (Wildman–Crippen MR) is 84.1 cm³/mol. The Labute approximate surface area is 130 Å². The molecule has 2 N–H and O–H groups in total. The van der Waals surface area contributed by atoms with Gasteiger partial charge in [0.05, 0.1) is 10.6 Å². The topological polar surface area (TPSA) is 64.9 Å². The summed E-state index contributed by atoms with van der Waals surface area (Å²) in [4.78, 5) is 5.78. The van der Waals surface area contributed by atoms with E-state index in [2.05, 4.69) is 10.1 Å². The predicted octanol–water partition coefficient (Wildman–Crippen LogP) is 4.07. The Hall–Kier alpha value is -2.21. The van der Waals surface area contributed by atoms with Crippen LogP contribution in [0.1, 0.15) is 23.3 Å². The average Bonchev–Trinajstić information content (AvgIpc) is 3.11. The monoisotopic (exact) mass is 315 g/mol. The lowest BCUT2D eigenvalue weighted by molar-refractivity contribution is 0.432. The van der Waals surface area contributed by atoms with E-state index in [4.69, 9.17) is 10.3 Å². The maximum atomic E-state index is 13.0. The van der Waals surface area contributed by atoms with Gasteiger partial charge in [-0.3, -0.25) is 0 Å². The lowest BCUT2D eigenvalue weighted by Crippen LogP contribution is -1.99. The van der Waals surface area contributed by atoms with Crippen LogP contribution >= 0.6 is 11.3 Å². The van der Waals surface area contributed by atoms with Crippen LogP contribution in [0.2, 0.25) is 0 Å². The molecule has 3 aromatic rings. The first-order valence-corrected chi connectivity index (χ1v) is 8.04. The van der Waals surface area contributed by atoms with Gasteiger partial charge in [-0.2, -0.15) is 4.98 Å². The fraction of sp³-hybridized carbons (Fsp3) is 0.250. The number of nitrogens with two attached hydrogens (primary N) is 1. The third kappa shape index (κ3) is 2.20. The van der Waals surface area contributed by atoms with Crippen LogP contribution < -0.4 is 5.73 Å². The summed E-state index contributed by atoms with van der Waals surface area (Å²) in [5.41, 5.74) is 9.03. The van der Waals surface area contributed by atoms with Gasteiger partial charge in [0, 0.05) is 10.4 Å². The van der Waals surface area contributed by atoms with E-state index in [0.29, 0.717) is 11.7 Å². The van der Waals surface area contributed by atoms with Gasteiger partial charge in [-0.05, 0) is 55.5 Å². The van der Waals surface area contributed by atoms with E-state index in [1.165, 1.54) is 29.0 Å². The molecule has 4 rings (SSSR count). The highest BCUT2D eigenvalue weighted by Gasteiger charge is 2.24. The number of halogens is 1. The molecule has 22 heavy (non-hydrogen) atoms. The van der Waals surface area contributed by atoms with Crippen molar-refractivity contribution in [1.29, 1.82) is 0 Å². The molecule has 0 amide bonds. The Kier molecular flexibility index (Phi) is 3.18. The van der Waals surface area contributed by atoms with Gasteiger partial charge in [-0.1, -0.05) is 5.16 Å². The second-order valence-electron chi connectivity index (χ2n) is 5.38. The van der Waals surface area contributed by atoms with Crippen LogP contribution in [0.5, 0.6) is 0 Å². The second-order valence-corrected chi connectivity index (χ2v) is 6.52. The highest BCUT2D eigenvalue weighted by atomic mass is 32.1. The van der Waals surface area contributed by atoms with Gasteiger partial charge in [0.15, 0.2) is 0 Å². The largest absolute Gasteiger partial charge is 0.390 e. The van der Waals surface area contributed by atoms with E-state index < -0.39 is 0 Å². The Morgan fingerprint density at radius 3 is 2.73 bits per heavy atom. The highest BCUT2D eigenvalue weighted by Crippen LogP contribution is 2.42. The van der Waals surface area contributed by atoms with Crippen molar-refractivity contribution in [2.45, 2.75) is 25.7 Å². The standard InChI is InChI=1S/C16H14FN3OS/c17-10-7-5-9(6-8-10)15-19-16(21-20-15)13-11-3-1-2-4-12(11)22-14(13)18/h5-8H,1-4,18H2. The van der Waals surface area contributed by atoms with Crippen molar-refractivity contribution >= 4 is 16.3 Å². The number of thiophene rings is 1. The number of nitrogens with zero attached hydrogens (tertiary/aromatic N) is 2. The summed E-state index contributed by atoms with van der Waals surface area (Å²) in [5, 5.41) is 4.74. The zero-order chi connectivity index (χ0) is 15.1. The van der Waals surface area contributed by atoms with Crippen LogP contribution in [0.3, 0.4) is 0 Å². The first-order valence-electron chi connectivity index (χ1n) is 7.22. The molecular formula is C16H14FN3OS. The number of anilines is 1. The van der Waals surface area contributed by atoms with Crippen molar-refractivity contribution in [2.24, 2.45) is 0 Å². The Balaban J connectivity index is 1.76. The molecule has 2 heterocycles. The van der Waals surface area contributed by atoms with Crippen molar-refractivity contribution < 1.29 is 8.91 Å². The minimum Gasteiger partial charge on any atom is -0.390 e. The second kappa shape index (κ2) is 5.21. The molecule has 0 bridgehead atoms. The summed E-state index contributed by atoms with van der Waals surface area (Å²) in [5.74, 6) is 0.616. The molecule has 4 nitrogen and oxygen atoms in total. The fourth-order valence-corrected chi connectivity index (χ4v) is 4.01. The van der Waals surface area contributed by atoms with Crippen LogP contribution in [0.25, 0.3) is 22.8 Å². The Bertz CT molecular complexity index is 823. The van der Waals surface area contributed by atoms with E-state index in [9.17, 15) is 4.39 Å². The summed E-state index contributed by atoms with van der Waals surface area (Å²) in [6.07, 6.45) is 4.45. The van der Waals surface area contributed by atoms with Crippen molar-refractivity contribution in [1.82, 2.24) is 10.1 Å². The van der Waals surface area contributed by atoms with Gasteiger partial charge in [-0.15, -0.1) is 11.3 Å². The highest BCUT2D eigenvalue weighted by molar-refractivity contribution is 7.16. The molecule has 2 aromatic heterocycles. The van der Waals surface area contributed by atoms with Gasteiger partial charge in [0.25, 0.3) is 5.89 Å². The van der Waals surface area contributed by atoms with Crippen molar-refractivity contribution in [2.75, 3.05) is 5.73 Å². The van der Waals surface area contributed by atoms with Crippen molar-refractivity contribution in [3.8, 4) is 22.8 Å². The minimum absolute atomic E-state index is 0.288. The third-order valence-electron chi connectivity index (χ3n) is 3.94. The Morgan fingerprint density at radius 2 is 1.91 bits per heavy atom. The van der Waals surface area contributed by atoms with Gasteiger partial charge >= 0.3 is 0 Å². The molecule has 1 aliphatic rings. The molecule has 0 atom stereocenters. The van der Waals surface area contributed by atoms with Gasteiger partial charge in [0.2, 0.25) is 5.82 Å². The summed E-state index contributed by atoms with van der Waals surface area (Å²) in [7, 11) is 0. The Morgan fingerprint density at radius 1 is 1.14 bits per heavy atom. The normalized spacial score (nSPS) is 14.0. The number of rotatable bonds is 2. The maximum Gasteiger partial charge on any atom is 0.261 e. The number of hydrogen-bond acceptors (Lipinski definition) is 5. The molecule has 0 fully saturated rings. The number of aryl methyl sites for hydroxylation is 1. The van der Waals surface area contributed by atoms with Crippen LogP contribution in [0.15, 0.2) is 28.8 Å². The fourth-order valence-electron chi connectivity index (χ4n) is 2.86. The zero-order valence-electron chi connectivity index (χ0n) is 11.8. The average molecular weight is 315 g/mol. The smallest absolute Gasteiger partial charge is 0.261 e. The number of benzene rings is 1. The van der Waals surface area contributed by atoms with Crippen LogP contribution in [0.4, 0.5) is 9.39 Å². The van der Waals surface area contributed by atoms with Gasteiger partial charge < -0.3 is 10.3 Å². The lowest BCUT2D eigenvalue weighted by Gasteiger charge is -2.10. The van der Waals surface area contributed by atoms with Crippen LogP contribution in [-0.4, -0.2) is 10.1 Å². The van der Waals surface area contributed by atoms with Crippen molar-refractivity contribution in [3.05, 3.63) is 40.5 Å². The summed E-state index contributed by atoms with van der Waals surface area (Å²) >= 11 is 1.62. The molecule has 0 saturated heterocycles. The number of hydrogen-bond donors (Lipinski definition) is 1. The molecule has 0 spiro atoms. The van der Waals surface area contributed by atoms with E-state index >= 15 is 0 Å². The quantitative estimate of drug-likeness (QED) is 0.774. The molecule has 0 aliphatic heterocycles. The van der Waals surface area contributed by atoms with Crippen molar-refractivity contribution in [3.63, 3.8) is 0 Å². The molecule has 0 radical (unpaired) electrons. The molecule has 1 aromatic carbocycles. The summed E-state index contributed by atoms with van der Waals surface area (Å²) < 4.78 is 18.4. The van der Waals surface area contributed by atoms with E-state index in [1.807, 2.05) is 0 Å². The van der Waals surface area contributed by atoms with E-state index in [0.717, 1.165) is 35.4 Å². The summed E-state index contributed by atoms with van der Waals surface area (Å²) in [6, 6.07) is 6.03. The molecule has 0 unspecified atom stereocenters. The van der Waals surface area contributed by atoms with Crippen LogP contribution in [-0.2, 0) is 12.8 Å². The first-order chi connectivity index (χ1) is 10.7. The number of nitrogen functional groups attached to an aromatic ring is 1. The first kappa shape index (κ1) is 13.5. The van der Waals surface area contributed by atoms with E-state index in [-0.39, 0.29) is 5.82 Å². The zero-order valence-corrected chi connectivity index (χ0v) is 12.6. The molecule has 0 saturated carbocycles. The number of fused-ring (bicyclic) bond motifs is 1. The van der Waals surface area contributed by atoms with Gasteiger partial charge in [-0.25, -0.2) is 4.39 Å². The SMILES string of the molecule is Nc1sc2c(c1-c1nc(-c3ccc(F)cc3)no1)CCCC2. The van der Waals surface area contributed by atoms with E-state index in [1.54, 1.807) is 23.5 Å². The third-order valence-corrected chi connectivity index (χ3v) is 5.06.